The van der Waals surface area contributed by atoms with E-state index in [9.17, 15) is 23.5 Å². The van der Waals surface area contributed by atoms with E-state index in [0.717, 1.165) is 11.2 Å². The second-order valence-corrected chi connectivity index (χ2v) is 11.1. The van der Waals surface area contributed by atoms with Crippen LogP contribution in [0.4, 0.5) is 20.2 Å². The van der Waals surface area contributed by atoms with Gasteiger partial charge in [-0.05, 0) is 43.2 Å². The lowest BCUT2D eigenvalue weighted by molar-refractivity contribution is -0.119. The number of allylic oxidation sites excluding steroid dienone is 1. The van der Waals surface area contributed by atoms with Crippen molar-refractivity contribution < 1.29 is 18.7 Å². The fourth-order valence-electron chi connectivity index (χ4n) is 5.27. The molecular formula is C30H32ClF2N9O3. The van der Waals surface area contributed by atoms with E-state index in [4.69, 9.17) is 23.2 Å². The lowest BCUT2D eigenvalue weighted by Gasteiger charge is -2.23. The first-order valence-electron chi connectivity index (χ1n) is 14.2. The molecule has 1 aromatic carbocycles. The minimum atomic E-state index is -2.91. The molecule has 12 nitrogen and oxygen atoms in total. The third-order valence-corrected chi connectivity index (χ3v) is 7.83. The number of nitrogens with zero attached hydrogens (tertiary/aromatic N) is 6. The van der Waals surface area contributed by atoms with Crippen molar-refractivity contribution in [2.45, 2.75) is 45.2 Å². The molecule has 2 atom stereocenters. The smallest absolute Gasteiger partial charge is 0.279 e. The maximum atomic E-state index is 13.7. The zero-order valence-corrected chi connectivity index (χ0v) is 25.0. The van der Waals surface area contributed by atoms with Crippen molar-refractivity contribution in [3.8, 4) is 22.5 Å². The molecule has 15 heteroatoms. The van der Waals surface area contributed by atoms with Gasteiger partial charge in [0.15, 0.2) is 0 Å². The van der Waals surface area contributed by atoms with Crippen LogP contribution in [0.5, 0.6) is 0 Å². The lowest BCUT2D eigenvalue weighted by atomic mass is 9.97. The molecule has 0 radical (unpaired) electrons. The molecule has 2 bridgehead atoms. The quantitative estimate of drug-likeness (QED) is 0.173. The number of fused-ring (bicyclic) bond motifs is 4. The summed E-state index contributed by atoms with van der Waals surface area (Å²) in [7, 11) is 0. The third kappa shape index (κ3) is 6.87. The first-order valence-corrected chi connectivity index (χ1v) is 14.6. The van der Waals surface area contributed by atoms with Crippen LogP contribution in [-0.4, -0.2) is 48.4 Å². The predicted octanol–water partition coefficient (Wildman–Crippen LogP) is 3.91. The van der Waals surface area contributed by atoms with Gasteiger partial charge in [0.25, 0.3) is 12.0 Å². The molecule has 45 heavy (non-hydrogen) atoms. The summed E-state index contributed by atoms with van der Waals surface area (Å²) in [6.07, 6.45) is 4.19. The molecule has 0 saturated heterocycles. The molecule has 6 N–H and O–H groups in total. The number of hydrazine groups is 1. The number of carbonyl (C=O) groups is 1. The molecule has 0 aliphatic carbocycles. The maximum absolute atomic E-state index is 13.7. The van der Waals surface area contributed by atoms with Crippen LogP contribution in [0, 0.1) is 5.92 Å². The summed E-state index contributed by atoms with van der Waals surface area (Å²) in [5.74, 6) is 5.55. The highest BCUT2D eigenvalue weighted by Gasteiger charge is 2.25. The van der Waals surface area contributed by atoms with Gasteiger partial charge in [-0.3, -0.25) is 28.8 Å². The number of halogens is 3. The molecule has 1 aliphatic rings. The molecule has 4 aromatic rings. The SMILES string of the molecule is C[C@@H]1CCC[C@H](n2cnc(-c3cc(Cl)ccc3N(N)/C=C(\N)C(F)F)cc2=O)c2cc(ccn2)-c2c(cnn2CCO)NC1=O. The normalized spacial score (nSPS) is 17.3. The van der Waals surface area contributed by atoms with Crippen LogP contribution in [-0.2, 0) is 11.3 Å². The van der Waals surface area contributed by atoms with E-state index in [1.165, 1.54) is 35.2 Å². The van der Waals surface area contributed by atoms with Gasteiger partial charge < -0.3 is 16.2 Å². The first kappa shape index (κ1) is 31.8. The van der Waals surface area contributed by atoms with Gasteiger partial charge in [-0.25, -0.2) is 19.6 Å². The number of alkyl halides is 2. The Morgan fingerprint density at radius 1 is 1.22 bits per heavy atom. The minimum absolute atomic E-state index is 0.154. The average Bonchev–Trinajstić information content (AvgIpc) is 3.40. The number of aliphatic hydroxyl groups is 1. The lowest BCUT2D eigenvalue weighted by Crippen LogP contribution is -2.29. The Hall–Kier alpha value is -4.66. The van der Waals surface area contributed by atoms with Crippen molar-refractivity contribution in [1.29, 1.82) is 0 Å². The second kappa shape index (κ2) is 13.5. The summed E-state index contributed by atoms with van der Waals surface area (Å²) < 4.78 is 29.2. The number of aliphatic hydroxyl groups excluding tert-OH is 1. The summed E-state index contributed by atoms with van der Waals surface area (Å²) in [6, 6.07) is 8.94. The van der Waals surface area contributed by atoms with Crippen LogP contribution >= 0.6 is 11.6 Å². The number of anilines is 2. The molecule has 5 rings (SSSR count). The summed E-state index contributed by atoms with van der Waals surface area (Å²) >= 11 is 6.24. The standard InChI is InChI=1S/C30H32ClF2N9O3/c1-17-3-2-4-26(23-11-18(7-8-36-23)28-24(39-30(17)45)14-38-42(28)9-10-43)40-16-37-22(13-27(40)44)20-12-19(31)5-6-25(20)41(35)15-21(34)29(32)33/h5-8,11-17,26,29,43H,2-4,9-10,34-35H2,1H3,(H,39,45)/b21-15-/t17-,26+/m1/s1. The van der Waals surface area contributed by atoms with Crippen molar-refractivity contribution in [3.05, 3.63) is 88.1 Å². The second-order valence-electron chi connectivity index (χ2n) is 10.7. The Bertz CT molecular complexity index is 1790. The Morgan fingerprint density at radius 3 is 2.76 bits per heavy atom. The fraction of sp³-hybridized carbons (Fsp3) is 0.300. The predicted molar refractivity (Wildman–Crippen MR) is 166 cm³/mol. The van der Waals surface area contributed by atoms with E-state index in [0.29, 0.717) is 52.5 Å². The summed E-state index contributed by atoms with van der Waals surface area (Å²) in [5, 5.41) is 18.2. The Labute approximate surface area is 261 Å². The Kier molecular flexibility index (Phi) is 9.56. The Morgan fingerprint density at radius 2 is 2.02 bits per heavy atom. The van der Waals surface area contributed by atoms with Crippen LogP contribution < -0.4 is 27.5 Å². The number of aromatic nitrogens is 5. The number of rotatable bonds is 7. The first-order chi connectivity index (χ1) is 21.6. The van der Waals surface area contributed by atoms with Gasteiger partial charge in [0.1, 0.15) is 0 Å². The van der Waals surface area contributed by atoms with Crippen LogP contribution in [0.2, 0.25) is 5.02 Å². The van der Waals surface area contributed by atoms with Gasteiger partial charge in [0.05, 0.1) is 65.9 Å². The van der Waals surface area contributed by atoms with E-state index in [1.807, 2.05) is 13.0 Å². The molecular weight excluding hydrogens is 608 g/mol. The molecule has 0 spiro atoms. The highest BCUT2D eigenvalue weighted by molar-refractivity contribution is 6.31. The van der Waals surface area contributed by atoms with E-state index in [-0.39, 0.29) is 36.4 Å². The highest BCUT2D eigenvalue weighted by atomic mass is 35.5. The molecule has 4 heterocycles. The van der Waals surface area contributed by atoms with Crippen molar-refractivity contribution in [2.24, 2.45) is 17.5 Å². The molecule has 0 fully saturated rings. The molecule has 1 aliphatic heterocycles. The Balaban J connectivity index is 1.58. The maximum Gasteiger partial charge on any atom is 0.279 e. The topological polar surface area (TPSA) is 170 Å². The van der Waals surface area contributed by atoms with Gasteiger partial charge in [-0.2, -0.15) is 5.10 Å². The zero-order chi connectivity index (χ0) is 32.2. The van der Waals surface area contributed by atoms with E-state index in [1.54, 1.807) is 23.1 Å². The minimum Gasteiger partial charge on any atom is -0.396 e. The van der Waals surface area contributed by atoms with Gasteiger partial charge in [-0.15, -0.1) is 0 Å². The molecule has 236 valence electrons. The van der Waals surface area contributed by atoms with Crippen molar-refractivity contribution in [3.63, 3.8) is 0 Å². The van der Waals surface area contributed by atoms with Gasteiger partial charge in [0, 0.05) is 40.5 Å². The number of amides is 1. The summed E-state index contributed by atoms with van der Waals surface area (Å²) in [6.45, 7) is 1.89. The molecule has 0 unspecified atom stereocenters. The van der Waals surface area contributed by atoms with Crippen molar-refractivity contribution in [2.75, 3.05) is 16.9 Å². The number of pyridine rings is 1. The van der Waals surface area contributed by atoms with Crippen LogP contribution in [0.15, 0.2) is 71.8 Å². The monoisotopic (exact) mass is 639 g/mol. The van der Waals surface area contributed by atoms with Gasteiger partial charge in [0.2, 0.25) is 5.91 Å². The molecule has 1 amide bonds. The zero-order valence-electron chi connectivity index (χ0n) is 24.3. The number of carbonyl (C=O) groups excluding carboxylic acids is 1. The number of hydrogen-bond acceptors (Lipinski definition) is 9. The van der Waals surface area contributed by atoms with Crippen LogP contribution in [0.3, 0.4) is 0 Å². The largest absolute Gasteiger partial charge is 0.396 e. The third-order valence-electron chi connectivity index (χ3n) is 7.59. The number of nitrogens with one attached hydrogen (secondary N) is 1. The summed E-state index contributed by atoms with van der Waals surface area (Å²) in [4.78, 5) is 35.9. The molecule has 3 aromatic heterocycles. The number of hydrogen-bond donors (Lipinski definition) is 4. The summed E-state index contributed by atoms with van der Waals surface area (Å²) in [5.41, 5.74) is 7.45. The van der Waals surface area contributed by atoms with E-state index < -0.39 is 23.7 Å². The fourth-order valence-corrected chi connectivity index (χ4v) is 5.45. The molecule has 0 saturated carbocycles. The van der Waals surface area contributed by atoms with Gasteiger partial charge >= 0.3 is 0 Å². The number of nitrogens with two attached hydrogens (primary N) is 2. The number of benzene rings is 1. The van der Waals surface area contributed by atoms with Crippen molar-refractivity contribution in [1.82, 2.24) is 24.3 Å². The van der Waals surface area contributed by atoms with Gasteiger partial charge in [-0.1, -0.05) is 24.9 Å². The highest BCUT2D eigenvalue weighted by Crippen LogP contribution is 2.34. The van der Waals surface area contributed by atoms with E-state index in [2.05, 4.69) is 20.4 Å². The van der Waals surface area contributed by atoms with E-state index >= 15 is 0 Å². The van der Waals surface area contributed by atoms with Crippen LogP contribution in [0.1, 0.15) is 37.9 Å². The van der Waals surface area contributed by atoms with Crippen LogP contribution in [0.25, 0.3) is 22.5 Å². The average molecular weight is 640 g/mol. The van der Waals surface area contributed by atoms with Crippen molar-refractivity contribution >= 4 is 28.9 Å².